The maximum atomic E-state index is 10.3. The first-order chi connectivity index (χ1) is 3.63. The Bertz CT molecular complexity index is 87.9. The molecule has 0 aliphatic carbocycles. The molecule has 0 heterocycles. The average Bonchev–Trinajstić information content (AvgIpc) is 1.61. The molecule has 0 saturated carbocycles. The van der Waals surface area contributed by atoms with Crippen LogP contribution >= 0.6 is 0 Å². The van der Waals surface area contributed by atoms with Crippen molar-refractivity contribution < 1.29 is 68.0 Å². The molecule has 0 spiro atoms. The van der Waals surface area contributed by atoms with Gasteiger partial charge < -0.3 is 19.0 Å². The third-order valence-electron chi connectivity index (χ3n) is 0.780. The van der Waals surface area contributed by atoms with Crippen LogP contribution in [0.3, 0.4) is 0 Å². The van der Waals surface area contributed by atoms with E-state index < -0.39 is 0 Å². The SMILES string of the molecule is [CH2-]N([CH2-])CCC(C)=O.[W].[W].[W]. The van der Waals surface area contributed by atoms with Crippen LogP contribution in [0.15, 0.2) is 0 Å². The first-order valence-electron chi connectivity index (χ1n) is 2.51. The molecule has 0 radical (unpaired) electrons. The number of hydrogen-bond acceptors (Lipinski definition) is 2. The second kappa shape index (κ2) is 14.2. The van der Waals surface area contributed by atoms with Crippen molar-refractivity contribution in [2.24, 2.45) is 0 Å². The van der Waals surface area contributed by atoms with E-state index in [1.165, 1.54) is 4.90 Å². The van der Waals surface area contributed by atoms with Gasteiger partial charge in [0.2, 0.25) is 0 Å². The molecule has 5 heteroatoms. The molecule has 11 heavy (non-hydrogen) atoms. The van der Waals surface area contributed by atoms with Crippen LogP contribution in [0.4, 0.5) is 0 Å². The van der Waals surface area contributed by atoms with Crippen LogP contribution in [0.2, 0.25) is 0 Å². The molecule has 0 aromatic heterocycles. The van der Waals surface area contributed by atoms with E-state index in [-0.39, 0.29) is 69.0 Å². The Kier molecular flexibility index (Phi) is 29.7. The molecule has 0 rings (SSSR count). The third-order valence-corrected chi connectivity index (χ3v) is 0.780. The zero-order valence-corrected chi connectivity index (χ0v) is 15.2. The van der Waals surface area contributed by atoms with E-state index in [2.05, 4.69) is 14.1 Å². The van der Waals surface area contributed by atoms with Crippen molar-refractivity contribution in [2.75, 3.05) is 6.54 Å². The van der Waals surface area contributed by atoms with Gasteiger partial charge in [-0.3, -0.25) is 4.79 Å². The standard InChI is InChI=1S/C6H11NO.3W/c1-6(8)4-5-7(2)3;;;/h2-5H2,1H3;;;/q-2;;;. The second-order valence-corrected chi connectivity index (χ2v) is 1.85. The largest absolute Gasteiger partial charge is 0.610 e. The number of carbonyl (C=O) groups is 1. The summed E-state index contributed by atoms with van der Waals surface area (Å²) in [5, 5.41) is 0. The molecule has 0 atom stereocenters. The quantitative estimate of drug-likeness (QED) is 0.418. The van der Waals surface area contributed by atoms with Gasteiger partial charge in [0.25, 0.3) is 0 Å². The molecule has 0 unspecified atom stereocenters. The molecule has 0 N–H and O–H groups in total. The monoisotopic (exact) mass is 665 g/mol. The Labute approximate surface area is 112 Å². The average molecular weight is 665 g/mol. The summed E-state index contributed by atoms with van der Waals surface area (Å²) >= 11 is 0. The van der Waals surface area contributed by atoms with Gasteiger partial charge in [0, 0.05) is 69.6 Å². The zero-order valence-electron chi connectivity index (χ0n) is 6.41. The predicted octanol–water partition coefficient (Wildman–Crippen LogP) is 0.843. The van der Waals surface area contributed by atoms with Crippen LogP contribution in [0.1, 0.15) is 13.3 Å². The number of hydrogen-bond donors (Lipinski definition) is 0. The minimum Gasteiger partial charge on any atom is -0.610 e. The van der Waals surface area contributed by atoms with Crippen LogP contribution in [0, 0.1) is 14.1 Å². The summed E-state index contributed by atoms with van der Waals surface area (Å²) in [6.45, 7) is 2.21. The Balaban J connectivity index is -0.0000000817. The van der Waals surface area contributed by atoms with Gasteiger partial charge in [-0.2, -0.15) is 0 Å². The van der Waals surface area contributed by atoms with Gasteiger partial charge in [0.05, 0.1) is 0 Å². The topological polar surface area (TPSA) is 20.3 Å². The maximum absolute atomic E-state index is 10.3. The van der Waals surface area contributed by atoms with Crippen molar-refractivity contribution in [2.45, 2.75) is 13.3 Å². The zero-order chi connectivity index (χ0) is 6.57. The summed E-state index contributed by atoms with van der Waals surface area (Å²) in [4.78, 5) is 11.8. The Hall–Kier alpha value is 1.69. The number of rotatable bonds is 3. The van der Waals surface area contributed by atoms with Crippen LogP contribution in [-0.4, -0.2) is 17.2 Å². The van der Waals surface area contributed by atoms with Crippen molar-refractivity contribution in [3.63, 3.8) is 0 Å². The van der Waals surface area contributed by atoms with Gasteiger partial charge in [-0.1, -0.05) is 0 Å². The molecule has 0 fully saturated rings. The molecule has 0 amide bonds. The van der Waals surface area contributed by atoms with E-state index >= 15 is 0 Å². The first kappa shape index (κ1) is 23.0. The third kappa shape index (κ3) is 24.5. The number of nitrogens with zero attached hydrogens (tertiary/aromatic N) is 1. The Morgan fingerprint density at radius 3 is 1.73 bits per heavy atom. The van der Waals surface area contributed by atoms with Crippen LogP contribution in [-0.2, 0) is 68.0 Å². The first-order valence-corrected chi connectivity index (χ1v) is 2.51. The normalized spacial score (nSPS) is 7.27. The molecule has 0 aromatic rings. The number of ketones is 1. The van der Waals surface area contributed by atoms with Crippen molar-refractivity contribution in [1.29, 1.82) is 0 Å². The minimum atomic E-state index is 0. The molecule has 0 aromatic carbocycles. The van der Waals surface area contributed by atoms with Crippen molar-refractivity contribution in [3.8, 4) is 0 Å². The second-order valence-electron chi connectivity index (χ2n) is 1.85. The van der Waals surface area contributed by atoms with Gasteiger partial charge in [-0.15, -0.1) is 0 Å². The van der Waals surface area contributed by atoms with E-state index in [4.69, 9.17) is 0 Å². The van der Waals surface area contributed by atoms with Crippen LogP contribution < -0.4 is 0 Å². The van der Waals surface area contributed by atoms with Crippen LogP contribution in [0.25, 0.3) is 0 Å². The summed E-state index contributed by atoms with van der Waals surface area (Å²) in [5.41, 5.74) is 0. The minimum absolute atomic E-state index is 0. The molecule has 0 aliphatic rings. The molecule has 2 nitrogen and oxygen atoms in total. The molecular formula is C6H11NOW3-2. The molecular weight excluding hydrogens is 654 g/mol. The summed E-state index contributed by atoms with van der Waals surface area (Å²) in [7, 11) is 6.96. The predicted molar refractivity (Wildman–Crippen MR) is 32.7 cm³/mol. The fraction of sp³-hybridized carbons (Fsp3) is 0.500. The van der Waals surface area contributed by atoms with Gasteiger partial charge >= 0.3 is 0 Å². The van der Waals surface area contributed by atoms with Gasteiger partial charge in [-0.05, 0) is 13.5 Å². The molecule has 66 valence electrons. The smallest absolute Gasteiger partial charge is 0.130 e. The Morgan fingerprint density at radius 2 is 1.64 bits per heavy atom. The summed E-state index contributed by atoms with van der Waals surface area (Å²) in [5.74, 6) is 0.183. The number of carbonyl (C=O) groups excluding carboxylic acids is 1. The maximum Gasteiger partial charge on any atom is 0.130 e. The van der Waals surface area contributed by atoms with Crippen molar-refractivity contribution in [3.05, 3.63) is 14.1 Å². The fourth-order valence-corrected chi connectivity index (χ4v) is 0.316. The van der Waals surface area contributed by atoms with E-state index in [9.17, 15) is 4.79 Å². The molecule has 0 saturated heterocycles. The van der Waals surface area contributed by atoms with Gasteiger partial charge in [0.15, 0.2) is 0 Å². The van der Waals surface area contributed by atoms with Crippen molar-refractivity contribution in [1.82, 2.24) is 4.90 Å². The summed E-state index contributed by atoms with van der Waals surface area (Å²) in [6, 6.07) is 0. The molecule has 0 bridgehead atoms. The van der Waals surface area contributed by atoms with E-state index in [1.807, 2.05) is 0 Å². The summed E-state index contributed by atoms with van der Waals surface area (Å²) < 4.78 is 0. The Morgan fingerprint density at radius 1 is 1.27 bits per heavy atom. The molecule has 0 aliphatic heterocycles. The van der Waals surface area contributed by atoms with E-state index in [1.54, 1.807) is 6.92 Å². The van der Waals surface area contributed by atoms with Crippen LogP contribution in [0.5, 0.6) is 0 Å². The van der Waals surface area contributed by atoms with E-state index in [0.717, 1.165) is 0 Å². The van der Waals surface area contributed by atoms with E-state index in [0.29, 0.717) is 13.0 Å². The van der Waals surface area contributed by atoms with Gasteiger partial charge in [-0.25, -0.2) is 0 Å². The number of Topliss-reactive ketones (excluding diaryl/α,β-unsaturated/α-hetero) is 1. The van der Waals surface area contributed by atoms with Gasteiger partial charge in [0.1, 0.15) is 5.78 Å². The summed E-state index contributed by atoms with van der Waals surface area (Å²) in [6.07, 6.45) is 0.549. The van der Waals surface area contributed by atoms with Crippen molar-refractivity contribution >= 4 is 5.78 Å². The fourth-order valence-electron chi connectivity index (χ4n) is 0.316.